The van der Waals surface area contributed by atoms with Crippen molar-refractivity contribution in [2.75, 3.05) is 11.1 Å². The average Bonchev–Trinajstić information content (AvgIpc) is 2.33. The first-order valence-electron chi connectivity index (χ1n) is 5.72. The molecule has 1 aromatic heterocycles. The first-order valence-corrected chi connectivity index (χ1v) is 5.72. The zero-order valence-electron chi connectivity index (χ0n) is 10.4. The molecule has 1 atom stereocenters. The number of unbranched alkanes of at least 4 members (excludes halogenated alkanes) is 1. The number of carboxylic acids is 1. The highest BCUT2D eigenvalue weighted by molar-refractivity contribution is 5.76. The molecule has 0 fully saturated rings. The smallest absolute Gasteiger partial charge is 0.329 e. The van der Waals surface area contributed by atoms with E-state index in [4.69, 9.17) is 10.8 Å². The van der Waals surface area contributed by atoms with Gasteiger partial charge in [-0.1, -0.05) is 19.8 Å². The van der Waals surface area contributed by atoms with Crippen molar-refractivity contribution in [2.45, 2.75) is 32.2 Å². The van der Waals surface area contributed by atoms with E-state index in [0.717, 1.165) is 19.0 Å². The van der Waals surface area contributed by atoms with Crippen LogP contribution >= 0.6 is 0 Å². The molecular weight excluding hydrogens is 254 g/mol. The van der Waals surface area contributed by atoms with Crippen LogP contribution in [0.25, 0.3) is 0 Å². The normalized spacial score (nSPS) is 11.8. The second kappa shape index (κ2) is 6.47. The van der Waals surface area contributed by atoms with Gasteiger partial charge in [0.25, 0.3) is 0 Å². The predicted octanol–water partition coefficient (Wildman–Crippen LogP) is 1.02. The minimum Gasteiger partial charge on any atom is -0.480 e. The molecule has 0 aliphatic rings. The third-order valence-corrected chi connectivity index (χ3v) is 2.44. The second-order valence-electron chi connectivity index (χ2n) is 3.90. The number of aliphatic carboxylic acids is 1. The van der Waals surface area contributed by atoms with Gasteiger partial charge in [-0.05, 0) is 6.42 Å². The van der Waals surface area contributed by atoms with Crippen LogP contribution in [0.4, 0.5) is 17.5 Å². The molecule has 0 saturated heterocycles. The van der Waals surface area contributed by atoms with Gasteiger partial charge in [-0.2, -0.15) is 4.98 Å². The van der Waals surface area contributed by atoms with E-state index in [2.05, 4.69) is 15.3 Å². The van der Waals surface area contributed by atoms with Crippen molar-refractivity contribution in [2.24, 2.45) is 0 Å². The molecule has 1 aromatic rings. The molecule has 9 nitrogen and oxygen atoms in total. The molecular formula is C10H15N5O4. The van der Waals surface area contributed by atoms with E-state index in [1.54, 1.807) is 0 Å². The summed E-state index contributed by atoms with van der Waals surface area (Å²) in [6.07, 6.45) is 2.94. The summed E-state index contributed by atoms with van der Waals surface area (Å²) < 4.78 is 0. The van der Waals surface area contributed by atoms with Gasteiger partial charge in [0.15, 0.2) is 0 Å². The van der Waals surface area contributed by atoms with Gasteiger partial charge in [-0.15, -0.1) is 0 Å². The molecule has 0 unspecified atom stereocenters. The Morgan fingerprint density at radius 3 is 2.84 bits per heavy atom. The second-order valence-corrected chi connectivity index (χ2v) is 3.90. The molecule has 0 radical (unpaired) electrons. The van der Waals surface area contributed by atoms with E-state index in [1.807, 2.05) is 6.92 Å². The summed E-state index contributed by atoms with van der Waals surface area (Å²) in [5, 5.41) is 22.1. The Bertz CT molecular complexity index is 479. The third kappa shape index (κ3) is 4.05. The molecule has 0 aliphatic heterocycles. The lowest BCUT2D eigenvalue weighted by Gasteiger charge is -2.13. The lowest BCUT2D eigenvalue weighted by molar-refractivity contribution is -0.384. The van der Waals surface area contributed by atoms with Crippen LogP contribution in [0.2, 0.25) is 0 Å². The fraction of sp³-hybridized carbons (Fsp3) is 0.500. The van der Waals surface area contributed by atoms with Crippen molar-refractivity contribution in [3.05, 3.63) is 16.3 Å². The number of nitrogens with two attached hydrogens (primary N) is 1. The highest BCUT2D eigenvalue weighted by atomic mass is 16.6. The summed E-state index contributed by atoms with van der Waals surface area (Å²) in [4.78, 5) is 28.2. The number of nitrogen functional groups attached to an aromatic ring is 1. The lowest BCUT2D eigenvalue weighted by Crippen LogP contribution is -2.30. The highest BCUT2D eigenvalue weighted by Gasteiger charge is 2.20. The molecule has 0 saturated carbocycles. The van der Waals surface area contributed by atoms with Gasteiger partial charge in [0, 0.05) is 0 Å². The van der Waals surface area contributed by atoms with Gasteiger partial charge in [0.1, 0.15) is 12.2 Å². The van der Waals surface area contributed by atoms with E-state index in [-0.39, 0.29) is 11.8 Å². The molecule has 1 heterocycles. The van der Waals surface area contributed by atoms with Crippen LogP contribution in [0, 0.1) is 10.1 Å². The molecule has 0 bridgehead atoms. The van der Waals surface area contributed by atoms with Crippen LogP contribution in [0.15, 0.2) is 6.20 Å². The molecule has 19 heavy (non-hydrogen) atoms. The molecule has 4 N–H and O–H groups in total. The van der Waals surface area contributed by atoms with Crippen LogP contribution in [0.3, 0.4) is 0 Å². The van der Waals surface area contributed by atoms with Gasteiger partial charge in [-0.25, -0.2) is 9.78 Å². The van der Waals surface area contributed by atoms with Crippen molar-refractivity contribution < 1.29 is 14.8 Å². The number of aromatic nitrogens is 2. The number of carboxylic acid groups (broad SMARTS) is 1. The minimum absolute atomic E-state index is 0.0356. The first kappa shape index (κ1) is 14.6. The maximum absolute atomic E-state index is 11.0. The van der Waals surface area contributed by atoms with Gasteiger partial charge in [0.05, 0.1) is 4.92 Å². The van der Waals surface area contributed by atoms with Crippen molar-refractivity contribution in [1.29, 1.82) is 0 Å². The SMILES string of the molecule is CCCC[C@H](Nc1ncc([N+](=O)[O-])c(N)n1)C(=O)O. The summed E-state index contributed by atoms with van der Waals surface area (Å²) in [5.74, 6) is -1.37. The van der Waals surface area contributed by atoms with Crippen LogP contribution < -0.4 is 11.1 Å². The Labute approximate surface area is 109 Å². The lowest BCUT2D eigenvalue weighted by atomic mass is 10.1. The number of nitrogens with one attached hydrogen (secondary N) is 1. The Morgan fingerprint density at radius 1 is 1.68 bits per heavy atom. The largest absolute Gasteiger partial charge is 0.480 e. The third-order valence-electron chi connectivity index (χ3n) is 2.44. The Hall–Kier alpha value is -2.45. The summed E-state index contributed by atoms with van der Waals surface area (Å²) in [6.45, 7) is 1.94. The van der Waals surface area contributed by atoms with Crippen LogP contribution in [-0.2, 0) is 4.79 Å². The van der Waals surface area contributed by atoms with Crippen molar-refractivity contribution in [1.82, 2.24) is 9.97 Å². The van der Waals surface area contributed by atoms with Crippen LogP contribution in [-0.4, -0.2) is 32.0 Å². The quantitative estimate of drug-likeness (QED) is 0.491. The van der Waals surface area contributed by atoms with E-state index in [9.17, 15) is 14.9 Å². The van der Waals surface area contributed by atoms with Gasteiger partial charge in [0.2, 0.25) is 11.8 Å². The van der Waals surface area contributed by atoms with Gasteiger partial charge in [-0.3, -0.25) is 10.1 Å². The molecule has 104 valence electrons. The Balaban J connectivity index is 2.82. The summed E-state index contributed by atoms with van der Waals surface area (Å²) in [5.41, 5.74) is 4.98. The van der Waals surface area contributed by atoms with Crippen molar-refractivity contribution in [3.63, 3.8) is 0 Å². The average molecular weight is 269 g/mol. The van der Waals surface area contributed by atoms with Crippen LogP contribution in [0.1, 0.15) is 26.2 Å². The topological polar surface area (TPSA) is 144 Å². The molecule has 0 amide bonds. The molecule has 9 heteroatoms. The van der Waals surface area contributed by atoms with Crippen molar-refractivity contribution >= 4 is 23.4 Å². The van der Waals surface area contributed by atoms with E-state index in [1.165, 1.54) is 0 Å². The maximum Gasteiger partial charge on any atom is 0.329 e. The summed E-state index contributed by atoms with van der Waals surface area (Å²) >= 11 is 0. The van der Waals surface area contributed by atoms with Gasteiger partial charge < -0.3 is 16.2 Å². The number of hydrogen-bond acceptors (Lipinski definition) is 7. The molecule has 0 aliphatic carbocycles. The zero-order chi connectivity index (χ0) is 14.4. The standard InChI is InChI=1S/C10H15N5O4/c1-2-3-4-6(9(16)17)13-10-12-5-7(15(18)19)8(11)14-10/h5-6H,2-4H2,1H3,(H,16,17)(H3,11,12,13,14)/t6-/m0/s1. The fourth-order valence-corrected chi connectivity index (χ4v) is 1.42. The number of nitrogens with zero attached hydrogens (tertiary/aromatic N) is 3. The molecule has 0 spiro atoms. The first-order chi connectivity index (χ1) is 8.95. The maximum atomic E-state index is 11.0. The Morgan fingerprint density at radius 2 is 2.37 bits per heavy atom. The minimum atomic E-state index is -1.03. The number of rotatable bonds is 7. The predicted molar refractivity (Wildman–Crippen MR) is 67.7 cm³/mol. The fourth-order valence-electron chi connectivity index (χ4n) is 1.42. The highest BCUT2D eigenvalue weighted by Crippen LogP contribution is 2.19. The summed E-state index contributed by atoms with van der Waals surface area (Å²) in [7, 11) is 0. The summed E-state index contributed by atoms with van der Waals surface area (Å²) in [6, 6.07) is -0.846. The number of carbonyl (C=O) groups is 1. The Kier molecular flexibility index (Phi) is 4.98. The van der Waals surface area contributed by atoms with Crippen molar-refractivity contribution in [3.8, 4) is 0 Å². The van der Waals surface area contributed by atoms with Gasteiger partial charge >= 0.3 is 11.7 Å². The molecule has 1 rings (SSSR count). The number of nitro groups is 1. The van der Waals surface area contributed by atoms with E-state index >= 15 is 0 Å². The van der Waals surface area contributed by atoms with E-state index in [0.29, 0.717) is 6.42 Å². The zero-order valence-corrected chi connectivity index (χ0v) is 10.4. The van der Waals surface area contributed by atoms with Crippen LogP contribution in [0.5, 0.6) is 0 Å². The number of anilines is 2. The van der Waals surface area contributed by atoms with E-state index < -0.39 is 22.6 Å². The monoisotopic (exact) mass is 269 g/mol. The molecule has 0 aromatic carbocycles. The number of hydrogen-bond donors (Lipinski definition) is 3.